The summed E-state index contributed by atoms with van der Waals surface area (Å²) >= 11 is 0. The lowest BCUT2D eigenvalue weighted by Gasteiger charge is -2.49. The molecule has 0 bridgehead atoms. The smallest absolute Gasteiger partial charge is 0.408 e. The molecule has 29 nitrogen and oxygen atoms in total. The molecule has 0 saturated carbocycles. The van der Waals surface area contributed by atoms with Gasteiger partial charge in [0.1, 0.15) is 50.8 Å². The van der Waals surface area contributed by atoms with Crippen LogP contribution in [0.5, 0.6) is 0 Å². The van der Waals surface area contributed by atoms with Crippen LogP contribution in [0.2, 0.25) is 0 Å². The molecular weight excluding hydrogens is 1100 g/mol. The summed E-state index contributed by atoms with van der Waals surface area (Å²) in [6, 6.07) is 15.5. The summed E-state index contributed by atoms with van der Waals surface area (Å²) in [7, 11) is 0. The minimum atomic E-state index is -2.05. The van der Waals surface area contributed by atoms with Gasteiger partial charge in [0.15, 0.2) is 67.6 Å². The third-order valence-corrected chi connectivity index (χ3v) is 11.6. The molecule has 450 valence electrons. The number of alkyl carbamates (subject to hydrolysis) is 1. The van der Waals surface area contributed by atoms with Gasteiger partial charge in [-0.15, -0.1) is 0 Å². The first kappa shape index (κ1) is 65.0. The maximum absolute atomic E-state index is 13.7. The average molecular weight is 1160 g/mol. The summed E-state index contributed by atoms with van der Waals surface area (Å²) in [5.41, 5.74) is 1.22. The number of amides is 1. The second kappa shape index (κ2) is 31.4. The quantitative estimate of drug-likeness (QED) is 0.114. The standard InChI is InChI=1S/C53H65NO28/c1-26(55)66-23-38-41(72-28(3)57)44(75-31(6)60)47(77-33(8)62)52(81-38)82-45-42(73-29(4)58)39(24-67-27(2)56)79-51(48(45)78-34(9)63)80-40-25-70-50(46(76-32(7)61)43(40)74-30(5)59)69-22-37(49(64)68-20-35-16-12-10-13-17-35)54-53(65)71-21-36-18-14-11-15-19-36/h10-19,37-48,50-52H,20-25H2,1-9H3,(H,54,65)/t37-,38+,39+,40+,41-,42-,43-,44-,45-,46+,47+,48+,50+,51-,52-/m0/s1. The number of hydrogen-bond acceptors (Lipinski definition) is 28. The zero-order valence-corrected chi connectivity index (χ0v) is 46.1. The van der Waals surface area contributed by atoms with E-state index >= 15 is 0 Å². The highest BCUT2D eigenvalue weighted by atomic mass is 16.8. The Hall–Kier alpha value is -7.83. The van der Waals surface area contributed by atoms with Crippen LogP contribution in [0.15, 0.2) is 60.7 Å². The number of ether oxygens (including phenoxy) is 17. The van der Waals surface area contributed by atoms with Gasteiger partial charge in [-0.25, -0.2) is 9.59 Å². The molecule has 2 aromatic rings. The minimum absolute atomic E-state index is 0.189. The van der Waals surface area contributed by atoms with E-state index in [1.165, 1.54) is 0 Å². The van der Waals surface area contributed by atoms with E-state index in [4.69, 9.17) is 80.5 Å². The molecular formula is C53H65NO28. The van der Waals surface area contributed by atoms with Crippen LogP contribution >= 0.6 is 0 Å². The molecule has 0 unspecified atom stereocenters. The van der Waals surface area contributed by atoms with Crippen LogP contribution in [0.25, 0.3) is 0 Å². The number of carbonyl (C=O) groups excluding carboxylic acids is 11. The van der Waals surface area contributed by atoms with Gasteiger partial charge in [-0.05, 0) is 11.1 Å². The molecule has 0 spiro atoms. The minimum Gasteiger partial charge on any atom is -0.463 e. The lowest BCUT2D eigenvalue weighted by molar-refractivity contribution is -0.374. The Morgan fingerprint density at radius 3 is 1.29 bits per heavy atom. The second-order valence-electron chi connectivity index (χ2n) is 18.4. The molecule has 3 aliphatic heterocycles. The number of carbonyl (C=O) groups is 11. The van der Waals surface area contributed by atoms with E-state index in [-0.39, 0.29) is 13.2 Å². The second-order valence-corrected chi connectivity index (χ2v) is 18.4. The third-order valence-electron chi connectivity index (χ3n) is 11.6. The fraction of sp³-hybridized carbons (Fsp3) is 0.566. The highest BCUT2D eigenvalue weighted by Crippen LogP contribution is 2.37. The zero-order chi connectivity index (χ0) is 60.2. The largest absolute Gasteiger partial charge is 0.463 e. The van der Waals surface area contributed by atoms with Crippen LogP contribution in [-0.2, 0) is 142 Å². The summed E-state index contributed by atoms with van der Waals surface area (Å²) < 4.78 is 98.1. The molecule has 0 aromatic heterocycles. The molecule has 3 heterocycles. The van der Waals surface area contributed by atoms with Crippen molar-refractivity contribution >= 4 is 65.8 Å². The lowest BCUT2D eigenvalue weighted by atomic mass is 9.95. The van der Waals surface area contributed by atoms with Crippen molar-refractivity contribution in [1.82, 2.24) is 5.32 Å². The summed E-state index contributed by atoms with van der Waals surface area (Å²) in [4.78, 5) is 141. The van der Waals surface area contributed by atoms with Crippen molar-refractivity contribution in [2.24, 2.45) is 0 Å². The van der Waals surface area contributed by atoms with Crippen LogP contribution in [0.4, 0.5) is 4.79 Å². The fourth-order valence-electron chi connectivity index (χ4n) is 8.50. The molecule has 3 fully saturated rings. The van der Waals surface area contributed by atoms with E-state index in [1.807, 2.05) is 0 Å². The summed E-state index contributed by atoms with van der Waals surface area (Å²) in [5, 5.41) is 2.40. The lowest BCUT2D eigenvalue weighted by Crippen LogP contribution is -2.68. The van der Waals surface area contributed by atoms with Crippen molar-refractivity contribution < 1.29 is 133 Å². The van der Waals surface area contributed by atoms with Crippen molar-refractivity contribution in [2.45, 2.75) is 168 Å². The highest BCUT2D eigenvalue weighted by molar-refractivity contribution is 5.81. The van der Waals surface area contributed by atoms with Gasteiger partial charge in [-0.3, -0.25) is 43.2 Å². The molecule has 1 amide bonds. The van der Waals surface area contributed by atoms with E-state index < -0.39 is 184 Å². The van der Waals surface area contributed by atoms with Gasteiger partial charge in [0, 0.05) is 62.3 Å². The van der Waals surface area contributed by atoms with Crippen LogP contribution in [-0.4, -0.2) is 184 Å². The maximum atomic E-state index is 13.7. The molecule has 15 atom stereocenters. The molecule has 2 aromatic carbocycles. The summed E-state index contributed by atoms with van der Waals surface area (Å²) in [6.45, 7) is 5.58. The van der Waals surface area contributed by atoms with E-state index in [0.717, 1.165) is 62.3 Å². The Labute approximate surface area is 469 Å². The molecule has 82 heavy (non-hydrogen) atoms. The van der Waals surface area contributed by atoms with Crippen LogP contribution in [0.3, 0.4) is 0 Å². The Morgan fingerprint density at radius 1 is 0.439 bits per heavy atom. The van der Waals surface area contributed by atoms with Crippen molar-refractivity contribution in [2.75, 3.05) is 26.4 Å². The van der Waals surface area contributed by atoms with Crippen LogP contribution in [0, 0.1) is 0 Å². The van der Waals surface area contributed by atoms with E-state index in [9.17, 15) is 52.7 Å². The maximum Gasteiger partial charge on any atom is 0.408 e. The highest BCUT2D eigenvalue weighted by Gasteiger charge is 2.59. The Balaban J connectivity index is 1.54. The van der Waals surface area contributed by atoms with Gasteiger partial charge in [-0.2, -0.15) is 0 Å². The van der Waals surface area contributed by atoms with Gasteiger partial charge in [0.25, 0.3) is 0 Å². The van der Waals surface area contributed by atoms with Gasteiger partial charge < -0.3 is 85.8 Å². The predicted molar refractivity (Wildman–Crippen MR) is 265 cm³/mol. The zero-order valence-electron chi connectivity index (χ0n) is 46.1. The van der Waals surface area contributed by atoms with Crippen molar-refractivity contribution in [1.29, 1.82) is 0 Å². The van der Waals surface area contributed by atoms with E-state index in [2.05, 4.69) is 5.32 Å². The molecule has 5 rings (SSSR count). The first-order chi connectivity index (χ1) is 38.9. The molecule has 0 radical (unpaired) electrons. The van der Waals surface area contributed by atoms with Crippen LogP contribution < -0.4 is 5.32 Å². The summed E-state index contributed by atoms with van der Waals surface area (Å²) in [6.07, 6.45) is -26.5. The molecule has 29 heteroatoms. The Kier molecular flexibility index (Phi) is 24.9. The third kappa shape index (κ3) is 20.3. The molecule has 1 N–H and O–H groups in total. The van der Waals surface area contributed by atoms with E-state index in [1.54, 1.807) is 60.7 Å². The molecule has 0 aliphatic carbocycles. The van der Waals surface area contributed by atoms with Crippen molar-refractivity contribution in [3.05, 3.63) is 71.8 Å². The van der Waals surface area contributed by atoms with Crippen molar-refractivity contribution in [3.8, 4) is 0 Å². The molecule has 3 aliphatic rings. The van der Waals surface area contributed by atoms with Gasteiger partial charge in [-0.1, -0.05) is 60.7 Å². The first-order valence-corrected chi connectivity index (χ1v) is 25.4. The van der Waals surface area contributed by atoms with E-state index in [0.29, 0.717) is 11.1 Å². The fourth-order valence-corrected chi connectivity index (χ4v) is 8.50. The number of hydrogen-bond donors (Lipinski definition) is 1. The molecule has 3 saturated heterocycles. The van der Waals surface area contributed by atoms with Crippen molar-refractivity contribution in [3.63, 3.8) is 0 Å². The number of benzene rings is 2. The monoisotopic (exact) mass is 1160 g/mol. The SMILES string of the molecule is CC(=O)OC[C@H]1O[C@@H](O[C@H]2[C@@H](OC(C)=O)[C@@H](COC(C)=O)O[C@@H](O[C@@H]3CO[C@@H](OC[C@H](NC(=O)OCc4ccccc4)C(=O)OCc4ccccc4)[C@H](OC(C)=O)[C@H]3OC(C)=O)[C@@H]2OC(C)=O)[C@H](OC(C)=O)[C@@H](OC(C)=O)[C@H]1OC(C)=O. The Bertz CT molecular complexity index is 2550. The number of esters is 10. The first-order valence-electron chi connectivity index (χ1n) is 25.4. The normalized spacial score (nSPS) is 27.0. The predicted octanol–water partition coefficient (Wildman–Crippen LogP) is 1.27. The average Bonchev–Trinajstić information content (AvgIpc) is 3.60. The number of rotatable bonds is 24. The number of nitrogens with one attached hydrogen (secondary N) is 1. The van der Waals surface area contributed by atoms with Gasteiger partial charge in [0.2, 0.25) is 0 Å². The Morgan fingerprint density at radius 2 is 0.829 bits per heavy atom. The van der Waals surface area contributed by atoms with Gasteiger partial charge in [0.05, 0.1) is 13.2 Å². The van der Waals surface area contributed by atoms with Gasteiger partial charge >= 0.3 is 65.8 Å². The summed E-state index contributed by atoms with van der Waals surface area (Å²) in [5.74, 6) is -9.79. The topological polar surface area (TPSA) is 357 Å². The van der Waals surface area contributed by atoms with Crippen LogP contribution in [0.1, 0.15) is 73.4 Å².